The van der Waals surface area contributed by atoms with E-state index in [4.69, 9.17) is 9.47 Å². The molecule has 2 heterocycles. The number of likely N-dealkylation sites (N-methyl/N-ethyl adjacent to an activating group) is 1. The third kappa shape index (κ3) is 3.15. The fourth-order valence-corrected chi connectivity index (χ4v) is 2.91. The lowest BCUT2D eigenvalue weighted by atomic mass is 10.1. The molecule has 1 aromatic heterocycles. The Morgan fingerprint density at radius 2 is 1.92 bits per heavy atom. The topological polar surface area (TPSA) is 67.4 Å². The smallest absolute Gasteiger partial charge is 0.225 e. The molecule has 1 aliphatic rings. The molecule has 25 heavy (non-hydrogen) atoms. The number of benzene rings is 2. The average molecular weight is 337 g/mol. The lowest BCUT2D eigenvalue weighted by molar-refractivity contribution is -0.130. The number of aromatic amines is 1. The zero-order valence-corrected chi connectivity index (χ0v) is 14.0. The molecule has 1 amide bonds. The number of amides is 1. The molecule has 0 saturated carbocycles. The quantitative estimate of drug-likeness (QED) is 0.685. The molecule has 128 valence electrons. The standard InChI is InChI=1S/C19H19N3O3/c1-22-8-10-25-15-5-6-17-16(12-15)19(21-20-17)13-3-2-4-14(11-13)24-9-7-18(22)23/h2-6,11-12H,7-10H2,1H3,(H,20,21). The molecule has 6 nitrogen and oxygen atoms in total. The number of nitrogens with one attached hydrogen (secondary N) is 1. The summed E-state index contributed by atoms with van der Waals surface area (Å²) in [4.78, 5) is 13.8. The van der Waals surface area contributed by atoms with Crippen LogP contribution in [-0.2, 0) is 4.79 Å². The van der Waals surface area contributed by atoms with Crippen LogP contribution in [0.5, 0.6) is 11.5 Å². The van der Waals surface area contributed by atoms with Crippen LogP contribution in [0.1, 0.15) is 6.42 Å². The van der Waals surface area contributed by atoms with Gasteiger partial charge in [0.1, 0.15) is 23.8 Å². The first-order valence-corrected chi connectivity index (χ1v) is 8.29. The van der Waals surface area contributed by atoms with Crippen molar-refractivity contribution in [2.75, 3.05) is 26.8 Å². The molecule has 0 aliphatic carbocycles. The van der Waals surface area contributed by atoms with Crippen molar-refractivity contribution in [2.45, 2.75) is 6.42 Å². The number of nitrogens with zero attached hydrogens (tertiary/aromatic N) is 2. The van der Waals surface area contributed by atoms with E-state index in [2.05, 4.69) is 10.2 Å². The second kappa shape index (κ2) is 6.47. The Bertz CT molecular complexity index is 919. The maximum atomic E-state index is 12.1. The normalized spacial score (nSPS) is 15.4. The first kappa shape index (κ1) is 15.5. The van der Waals surface area contributed by atoms with Gasteiger partial charge in [-0.25, -0.2) is 0 Å². The van der Waals surface area contributed by atoms with Crippen LogP contribution in [0.2, 0.25) is 0 Å². The summed E-state index contributed by atoms with van der Waals surface area (Å²) in [5, 5.41) is 8.50. The maximum absolute atomic E-state index is 12.1. The van der Waals surface area contributed by atoms with E-state index in [1.807, 2.05) is 42.5 Å². The van der Waals surface area contributed by atoms with Crippen molar-refractivity contribution in [3.05, 3.63) is 42.5 Å². The van der Waals surface area contributed by atoms with Crippen LogP contribution >= 0.6 is 0 Å². The van der Waals surface area contributed by atoms with E-state index in [1.54, 1.807) is 11.9 Å². The Balaban J connectivity index is 1.76. The van der Waals surface area contributed by atoms with Gasteiger partial charge in [0.25, 0.3) is 0 Å². The molecule has 0 radical (unpaired) electrons. The van der Waals surface area contributed by atoms with Crippen molar-refractivity contribution in [1.29, 1.82) is 0 Å². The van der Waals surface area contributed by atoms with Crippen molar-refractivity contribution in [3.8, 4) is 22.8 Å². The van der Waals surface area contributed by atoms with Crippen molar-refractivity contribution in [3.63, 3.8) is 0 Å². The van der Waals surface area contributed by atoms with Gasteiger partial charge >= 0.3 is 0 Å². The van der Waals surface area contributed by atoms with E-state index in [0.717, 1.165) is 33.7 Å². The third-order valence-corrected chi connectivity index (χ3v) is 4.35. The van der Waals surface area contributed by atoms with Gasteiger partial charge < -0.3 is 14.4 Å². The number of hydrogen-bond donors (Lipinski definition) is 1. The highest BCUT2D eigenvalue weighted by molar-refractivity contribution is 5.93. The van der Waals surface area contributed by atoms with E-state index in [-0.39, 0.29) is 5.91 Å². The van der Waals surface area contributed by atoms with Gasteiger partial charge in [-0.05, 0) is 30.3 Å². The van der Waals surface area contributed by atoms with Crippen molar-refractivity contribution < 1.29 is 14.3 Å². The Hall–Kier alpha value is -3.02. The van der Waals surface area contributed by atoms with Crippen LogP contribution in [0.3, 0.4) is 0 Å². The zero-order chi connectivity index (χ0) is 17.2. The van der Waals surface area contributed by atoms with Crippen LogP contribution in [0.4, 0.5) is 0 Å². The van der Waals surface area contributed by atoms with E-state index in [0.29, 0.717) is 26.2 Å². The molecular formula is C19H19N3O3. The van der Waals surface area contributed by atoms with Crippen LogP contribution in [0.15, 0.2) is 42.5 Å². The van der Waals surface area contributed by atoms with Gasteiger partial charge in [0.2, 0.25) is 5.91 Å². The number of hydrogen-bond acceptors (Lipinski definition) is 4. The summed E-state index contributed by atoms with van der Waals surface area (Å²) in [5.74, 6) is 1.53. The second-order valence-corrected chi connectivity index (χ2v) is 6.07. The van der Waals surface area contributed by atoms with Crippen LogP contribution in [0, 0.1) is 0 Å². The van der Waals surface area contributed by atoms with E-state index in [1.165, 1.54) is 0 Å². The fraction of sp³-hybridized carbons (Fsp3) is 0.263. The number of aromatic nitrogens is 2. The van der Waals surface area contributed by atoms with Crippen molar-refractivity contribution in [2.24, 2.45) is 0 Å². The summed E-state index contributed by atoms with van der Waals surface area (Å²) in [6.07, 6.45) is 0.334. The van der Waals surface area contributed by atoms with Crippen molar-refractivity contribution >= 4 is 16.8 Å². The van der Waals surface area contributed by atoms with Gasteiger partial charge in [-0.15, -0.1) is 0 Å². The Morgan fingerprint density at radius 3 is 2.84 bits per heavy atom. The molecular weight excluding hydrogens is 318 g/mol. The van der Waals surface area contributed by atoms with Gasteiger partial charge in [-0.3, -0.25) is 9.89 Å². The number of carbonyl (C=O) groups excluding carboxylic acids is 1. The number of fused-ring (bicyclic) bond motifs is 4. The molecule has 6 heteroatoms. The second-order valence-electron chi connectivity index (χ2n) is 6.07. The van der Waals surface area contributed by atoms with Gasteiger partial charge in [0, 0.05) is 18.0 Å². The molecule has 4 bridgehead atoms. The minimum atomic E-state index is 0.0400. The van der Waals surface area contributed by atoms with Gasteiger partial charge in [0.05, 0.1) is 25.1 Å². The molecule has 2 aromatic carbocycles. The highest BCUT2D eigenvalue weighted by atomic mass is 16.5. The summed E-state index contributed by atoms with van der Waals surface area (Å²) < 4.78 is 11.6. The lowest BCUT2D eigenvalue weighted by Crippen LogP contribution is -2.31. The third-order valence-electron chi connectivity index (χ3n) is 4.35. The summed E-state index contributed by atoms with van der Waals surface area (Å²) in [6, 6.07) is 13.6. The summed E-state index contributed by atoms with van der Waals surface area (Å²) in [6.45, 7) is 1.32. The Labute approximate surface area is 145 Å². The fourth-order valence-electron chi connectivity index (χ4n) is 2.91. The molecule has 3 aromatic rings. The number of ether oxygens (including phenoxy) is 2. The van der Waals surface area contributed by atoms with Crippen LogP contribution in [-0.4, -0.2) is 47.8 Å². The largest absolute Gasteiger partial charge is 0.493 e. The molecule has 0 fully saturated rings. The maximum Gasteiger partial charge on any atom is 0.225 e. The number of H-pyrrole nitrogens is 1. The average Bonchev–Trinajstić information content (AvgIpc) is 3.04. The molecule has 0 atom stereocenters. The lowest BCUT2D eigenvalue weighted by Gasteiger charge is -2.17. The van der Waals surface area contributed by atoms with Gasteiger partial charge in [-0.2, -0.15) is 5.10 Å². The first-order valence-electron chi connectivity index (χ1n) is 8.29. The van der Waals surface area contributed by atoms with Crippen molar-refractivity contribution in [1.82, 2.24) is 15.1 Å². The number of carbonyl (C=O) groups is 1. The van der Waals surface area contributed by atoms with Crippen LogP contribution < -0.4 is 9.47 Å². The Kier molecular flexibility index (Phi) is 4.01. The highest BCUT2D eigenvalue weighted by Gasteiger charge is 2.13. The van der Waals surface area contributed by atoms with E-state index in [9.17, 15) is 4.79 Å². The van der Waals surface area contributed by atoms with Crippen LogP contribution in [0.25, 0.3) is 22.2 Å². The minimum absolute atomic E-state index is 0.0400. The molecule has 0 spiro atoms. The highest BCUT2D eigenvalue weighted by Crippen LogP contribution is 2.31. The Morgan fingerprint density at radius 1 is 1.08 bits per heavy atom. The SMILES string of the molecule is CN1CCOc2ccc3[nH]nc(c3c2)-c2cccc(c2)OCCC1=O. The molecule has 0 unspecified atom stereocenters. The van der Waals surface area contributed by atoms with E-state index >= 15 is 0 Å². The number of rotatable bonds is 0. The van der Waals surface area contributed by atoms with Gasteiger partial charge in [0.15, 0.2) is 0 Å². The first-order chi connectivity index (χ1) is 12.2. The minimum Gasteiger partial charge on any atom is -0.493 e. The summed E-state index contributed by atoms with van der Waals surface area (Å²) >= 11 is 0. The molecule has 0 saturated heterocycles. The predicted molar refractivity (Wildman–Crippen MR) is 94.8 cm³/mol. The summed E-state index contributed by atoms with van der Waals surface area (Å²) in [5.41, 5.74) is 2.76. The summed E-state index contributed by atoms with van der Waals surface area (Å²) in [7, 11) is 1.78. The zero-order valence-electron chi connectivity index (χ0n) is 14.0. The molecule has 1 N–H and O–H groups in total. The molecule has 4 rings (SSSR count). The predicted octanol–water partition coefficient (Wildman–Crippen LogP) is 2.85. The van der Waals surface area contributed by atoms with E-state index < -0.39 is 0 Å². The monoisotopic (exact) mass is 337 g/mol. The van der Waals surface area contributed by atoms with Gasteiger partial charge in [-0.1, -0.05) is 12.1 Å². The molecule has 1 aliphatic heterocycles.